The number of amides is 1. The van der Waals surface area contributed by atoms with E-state index in [2.05, 4.69) is 12.4 Å². The molecule has 23 heavy (non-hydrogen) atoms. The fraction of sp³-hybridized carbons (Fsp3) is 0.529. The third-order valence-electron chi connectivity index (χ3n) is 3.38. The monoisotopic (exact) mass is 323 g/mol. The number of benzene rings is 1. The molecule has 6 heteroatoms. The van der Waals surface area contributed by atoms with Gasteiger partial charge in [0.15, 0.2) is 11.5 Å². The highest BCUT2D eigenvalue weighted by atomic mass is 16.7. The minimum absolute atomic E-state index is 0.000920. The number of nitrogens with one attached hydrogen (secondary N) is 1. The molecule has 1 aromatic rings. The van der Waals surface area contributed by atoms with Crippen molar-refractivity contribution >= 4 is 11.9 Å². The maximum atomic E-state index is 11.7. The third kappa shape index (κ3) is 7.54. The Kier molecular flexibility index (Phi) is 8.57. The van der Waals surface area contributed by atoms with Gasteiger partial charge in [-0.1, -0.05) is 38.7 Å². The second-order valence-corrected chi connectivity index (χ2v) is 5.35. The summed E-state index contributed by atoms with van der Waals surface area (Å²) in [4.78, 5) is 28.0. The molecule has 6 nitrogen and oxygen atoms in total. The summed E-state index contributed by atoms with van der Waals surface area (Å²) in [5, 5.41) is 9.48. The maximum Gasteiger partial charge on any atom is 0.336 e. The molecule has 0 bridgehead atoms. The second-order valence-electron chi connectivity index (χ2n) is 5.35. The lowest BCUT2D eigenvalue weighted by molar-refractivity contribution is -0.157. The lowest BCUT2D eigenvalue weighted by atomic mass is 10.1. The zero-order valence-corrected chi connectivity index (χ0v) is 13.8. The first kappa shape index (κ1) is 18.8. The first-order chi connectivity index (χ1) is 11.1. The van der Waals surface area contributed by atoms with E-state index in [1.807, 2.05) is 0 Å². The predicted molar refractivity (Wildman–Crippen MR) is 86.0 cm³/mol. The molecule has 1 aromatic carbocycles. The third-order valence-corrected chi connectivity index (χ3v) is 3.38. The molecule has 0 radical (unpaired) electrons. The van der Waals surface area contributed by atoms with Gasteiger partial charge in [-0.3, -0.25) is 4.79 Å². The lowest BCUT2D eigenvalue weighted by Gasteiger charge is -2.08. The molecule has 0 saturated carbocycles. The van der Waals surface area contributed by atoms with Gasteiger partial charge in [0.2, 0.25) is 0 Å². The molecule has 1 amide bonds. The van der Waals surface area contributed by atoms with Crippen molar-refractivity contribution in [3.8, 4) is 11.5 Å². The van der Waals surface area contributed by atoms with Gasteiger partial charge in [-0.2, -0.15) is 5.48 Å². The largest absolute Gasteiger partial charge is 0.504 e. The number of phenols is 1. The van der Waals surface area contributed by atoms with Crippen molar-refractivity contribution in [2.75, 3.05) is 7.11 Å². The van der Waals surface area contributed by atoms with Crippen LogP contribution in [0.5, 0.6) is 11.5 Å². The Bertz CT molecular complexity index is 516. The van der Waals surface area contributed by atoms with Crippen molar-refractivity contribution in [2.24, 2.45) is 0 Å². The number of rotatable bonds is 9. The summed E-state index contributed by atoms with van der Waals surface area (Å²) < 4.78 is 4.97. The SMILES string of the molecule is CCCCCCCC(=O)NOC(=O)Cc1ccc(O)c(OC)c1. The van der Waals surface area contributed by atoms with Crippen LogP contribution in [0.2, 0.25) is 0 Å². The number of unbranched alkanes of at least 4 members (excludes halogenated alkanes) is 4. The Morgan fingerprint density at radius 3 is 2.61 bits per heavy atom. The molecule has 0 saturated heterocycles. The highest BCUT2D eigenvalue weighted by molar-refractivity contribution is 5.78. The van der Waals surface area contributed by atoms with Gasteiger partial charge < -0.3 is 14.7 Å². The first-order valence-electron chi connectivity index (χ1n) is 7.91. The van der Waals surface area contributed by atoms with Crippen LogP contribution in [0.25, 0.3) is 0 Å². The average Bonchev–Trinajstić information content (AvgIpc) is 2.54. The zero-order chi connectivity index (χ0) is 17.1. The topological polar surface area (TPSA) is 84.9 Å². The van der Waals surface area contributed by atoms with Crippen molar-refractivity contribution < 1.29 is 24.3 Å². The van der Waals surface area contributed by atoms with Crippen LogP contribution in [0.4, 0.5) is 0 Å². The van der Waals surface area contributed by atoms with Crippen LogP contribution >= 0.6 is 0 Å². The minimum atomic E-state index is -0.572. The Morgan fingerprint density at radius 2 is 1.91 bits per heavy atom. The van der Waals surface area contributed by atoms with Crippen molar-refractivity contribution in [3.63, 3.8) is 0 Å². The summed E-state index contributed by atoms with van der Waals surface area (Å²) in [6.45, 7) is 2.13. The lowest BCUT2D eigenvalue weighted by Crippen LogP contribution is -2.27. The number of methoxy groups -OCH3 is 1. The van der Waals surface area contributed by atoms with Gasteiger partial charge in [0.05, 0.1) is 13.5 Å². The van der Waals surface area contributed by atoms with E-state index < -0.39 is 5.97 Å². The molecule has 0 aliphatic carbocycles. The number of phenolic OH excluding ortho intramolecular Hbond substituents is 1. The standard InChI is InChI=1S/C17H25NO5/c1-3-4-5-6-7-8-16(20)18-23-17(21)12-13-9-10-14(19)15(11-13)22-2/h9-11,19H,3-8,12H2,1-2H3,(H,18,20). The number of carbonyl (C=O) groups is 2. The van der Waals surface area contributed by atoms with Crippen LogP contribution in [-0.2, 0) is 20.8 Å². The van der Waals surface area contributed by atoms with Crippen molar-refractivity contribution in [2.45, 2.75) is 51.9 Å². The normalized spacial score (nSPS) is 10.2. The number of hydrogen-bond donors (Lipinski definition) is 2. The summed E-state index contributed by atoms with van der Waals surface area (Å²) in [7, 11) is 1.43. The van der Waals surface area contributed by atoms with E-state index >= 15 is 0 Å². The zero-order valence-electron chi connectivity index (χ0n) is 13.8. The van der Waals surface area contributed by atoms with Crippen molar-refractivity contribution in [1.29, 1.82) is 0 Å². The van der Waals surface area contributed by atoms with Crippen LogP contribution in [-0.4, -0.2) is 24.1 Å². The van der Waals surface area contributed by atoms with E-state index in [4.69, 9.17) is 9.57 Å². The molecule has 0 aromatic heterocycles. The van der Waals surface area contributed by atoms with Gasteiger partial charge in [-0.15, -0.1) is 0 Å². The molecule has 1 rings (SSSR count). The number of carbonyl (C=O) groups excluding carboxylic acids is 2. The summed E-state index contributed by atoms with van der Waals surface area (Å²) in [6, 6.07) is 4.58. The molecule has 0 heterocycles. The van der Waals surface area contributed by atoms with Gasteiger partial charge in [0, 0.05) is 6.42 Å². The molecule has 0 aliphatic rings. The fourth-order valence-corrected chi connectivity index (χ4v) is 2.09. The minimum Gasteiger partial charge on any atom is -0.504 e. The summed E-state index contributed by atoms with van der Waals surface area (Å²) >= 11 is 0. The Hall–Kier alpha value is -2.24. The molecular formula is C17H25NO5. The van der Waals surface area contributed by atoms with Crippen LogP contribution < -0.4 is 10.2 Å². The molecule has 0 spiro atoms. The maximum absolute atomic E-state index is 11.7. The fourth-order valence-electron chi connectivity index (χ4n) is 2.09. The Morgan fingerprint density at radius 1 is 1.17 bits per heavy atom. The van der Waals surface area contributed by atoms with Crippen molar-refractivity contribution in [1.82, 2.24) is 5.48 Å². The van der Waals surface area contributed by atoms with Crippen LogP contribution in [0, 0.1) is 0 Å². The highest BCUT2D eigenvalue weighted by Gasteiger charge is 2.10. The van der Waals surface area contributed by atoms with Gasteiger partial charge in [0.1, 0.15) is 0 Å². The quantitative estimate of drug-likeness (QED) is 0.539. The summed E-state index contributed by atoms with van der Waals surface area (Å²) in [5.41, 5.74) is 2.79. The molecular weight excluding hydrogens is 298 g/mol. The summed E-state index contributed by atoms with van der Waals surface area (Å²) in [5.74, 6) is -0.581. The van der Waals surface area contributed by atoms with E-state index in [1.54, 1.807) is 12.1 Å². The summed E-state index contributed by atoms with van der Waals surface area (Å²) in [6.07, 6.45) is 5.57. The van der Waals surface area contributed by atoms with E-state index in [1.165, 1.54) is 19.6 Å². The van der Waals surface area contributed by atoms with E-state index in [0.717, 1.165) is 25.7 Å². The number of ether oxygens (including phenoxy) is 1. The molecule has 0 unspecified atom stereocenters. The van der Waals surface area contributed by atoms with Crippen LogP contribution in [0.3, 0.4) is 0 Å². The van der Waals surface area contributed by atoms with Gasteiger partial charge in [-0.05, 0) is 24.1 Å². The van der Waals surface area contributed by atoms with Crippen LogP contribution in [0.15, 0.2) is 18.2 Å². The molecule has 0 fully saturated rings. The van der Waals surface area contributed by atoms with Gasteiger partial charge in [-0.25, -0.2) is 4.79 Å². The Labute approximate surface area is 136 Å². The molecule has 0 atom stereocenters. The second kappa shape index (κ2) is 10.5. The number of hydroxylamine groups is 1. The van der Waals surface area contributed by atoms with Crippen LogP contribution in [0.1, 0.15) is 51.0 Å². The Balaban J connectivity index is 2.27. The average molecular weight is 323 g/mol. The first-order valence-corrected chi connectivity index (χ1v) is 7.91. The van der Waals surface area contributed by atoms with Crippen molar-refractivity contribution in [3.05, 3.63) is 23.8 Å². The molecule has 128 valence electrons. The number of hydrogen-bond acceptors (Lipinski definition) is 5. The van der Waals surface area contributed by atoms with Gasteiger partial charge in [0.25, 0.3) is 5.91 Å². The number of aromatic hydroxyl groups is 1. The van der Waals surface area contributed by atoms with E-state index in [9.17, 15) is 14.7 Å². The predicted octanol–water partition coefficient (Wildman–Crippen LogP) is 2.88. The van der Waals surface area contributed by atoms with E-state index in [0.29, 0.717) is 12.0 Å². The molecule has 0 aliphatic heterocycles. The smallest absolute Gasteiger partial charge is 0.336 e. The van der Waals surface area contributed by atoms with E-state index in [-0.39, 0.29) is 23.8 Å². The highest BCUT2D eigenvalue weighted by Crippen LogP contribution is 2.26. The van der Waals surface area contributed by atoms with Gasteiger partial charge >= 0.3 is 5.97 Å². The molecule has 2 N–H and O–H groups in total.